The Morgan fingerprint density at radius 2 is 1.56 bits per heavy atom. The Hall–Kier alpha value is -3.25. The highest BCUT2D eigenvalue weighted by molar-refractivity contribution is 5.74. The Morgan fingerprint density at radius 3 is 2.17 bits per heavy atom. The fourth-order valence-electron chi connectivity index (χ4n) is 5.05. The molecule has 1 saturated heterocycles. The van der Waals surface area contributed by atoms with Gasteiger partial charge in [0, 0.05) is 20.0 Å². The first-order chi connectivity index (χ1) is 17.5. The number of nitrogens with zero attached hydrogens (tertiary/aromatic N) is 2. The molecule has 1 atom stereocenters. The maximum Gasteiger partial charge on any atom is 0.220 e. The van der Waals surface area contributed by atoms with Crippen molar-refractivity contribution in [3.05, 3.63) is 102 Å². The van der Waals surface area contributed by atoms with E-state index in [0.717, 1.165) is 55.8 Å². The lowest BCUT2D eigenvalue weighted by molar-refractivity contribution is -0.133. The average Bonchev–Trinajstić information content (AvgIpc) is 2.90. The van der Waals surface area contributed by atoms with Gasteiger partial charge in [-0.15, -0.1) is 0 Å². The van der Waals surface area contributed by atoms with Crippen molar-refractivity contribution in [1.29, 1.82) is 0 Å². The minimum Gasteiger partial charge on any atom is -0.494 e. The number of benzene rings is 3. The molecule has 0 spiro atoms. The number of hydrogen-bond acceptors (Lipinski definition) is 3. The third-order valence-corrected chi connectivity index (χ3v) is 6.93. The molecule has 0 aromatic heterocycles. The summed E-state index contributed by atoms with van der Waals surface area (Å²) >= 11 is 0. The van der Waals surface area contributed by atoms with Crippen LogP contribution in [0.4, 0.5) is 8.78 Å². The highest BCUT2D eigenvalue weighted by Gasteiger charge is 2.33. The Labute approximate surface area is 212 Å². The number of amides is 1. The molecule has 36 heavy (non-hydrogen) atoms. The normalized spacial score (nSPS) is 15.4. The zero-order chi connectivity index (χ0) is 25.3. The first-order valence-corrected chi connectivity index (χ1v) is 12.7. The highest BCUT2D eigenvalue weighted by atomic mass is 19.1. The zero-order valence-electron chi connectivity index (χ0n) is 20.8. The molecule has 6 heteroatoms. The Bertz CT molecular complexity index is 1080. The van der Waals surface area contributed by atoms with E-state index in [1.54, 1.807) is 31.2 Å². The zero-order valence-corrected chi connectivity index (χ0v) is 20.8. The van der Waals surface area contributed by atoms with Crippen molar-refractivity contribution >= 4 is 5.91 Å². The largest absolute Gasteiger partial charge is 0.494 e. The van der Waals surface area contributed by atoms with E-state index < -0.39 is 0 Å². The molecule has 0 bridgehead atoms. The van der Waals surface area contributed by atoms with Crippen LogP contribution in [-0.2, 0) is 11.3 Å². The van der Waals surface area contributed by atoms with Crippen LogP contribution >= 0.6 is 0 Å². The molecule has 3 aromatic carbocycles. The average molecular weight is 493 g/mol. The Morgan fingerprint density at radius 1 is 0.944 bits per heavy atom. The monoisotopic (exact) mass is 492 g/mol. The summed E-state index contributed by atoms with van der Waals surface area (Å²) in [6.45, 7) is 5.48. The lowest BCUT2D eigenvalue weighted by Gasteiger charge is -2.41. The van der Waals surface area contributed by atoms with E-state index in [1.807, 2.05) is 35.2 Å². The molecule has 0 radical (unpaired) electrons. The second-order valence-electron chi connectivity index (χ2n) is 9.46. The Kier molecular flexibility index (Phi) is 9.06. The summed E-state index contributed by atoms with van der Waals surface area (Å²) in [6, 6.07) is 22.4. The first kappa shape index (κ1) is 25.8. The van der Waals surface area contributed by atoms with Crippen molar-refractivity contribution in [3.63, 3.8) is 0 Å². The van der Waals surface area contributed by atoms with Crippen molar-refractivity contribution in [1.82, 2.24) is 9.80 Å². The maximum atomic E-state index is 13.7. The van der Waals surface area contributed by atoms with E-state index in [-0.39, 0.29) is 29.5 Å². The third-order valence-electron chi connectivity index (χ3n) is 6.93. The molecule has 0 N–H and O–H groups in total. The summed E-state index contributed by atoms with van der Waals surface area (Å²) in [4.78, 5) is 17.2. The van der Waals surface area contributed by atoms with Crippen molar-refractivity contribution in [2.75, 3.05) is 26.2 Å². The quantitative estimate of drug-likeness (QED) is 0.314. The van der Waals surface area contributed by atoms with Gasteiger partial charge in [-0.2, -0.15) is 0 Å². The molecule has 4 rings (SSSR count). The first-order valence-electron chi connectivity index (χ1n) is 12.7. The predicted molar refractivity (Wildman–Crippen MR) is 137 cm³/mol. The van der Waals surface area contributed by atoms with E-state index in [2.05, 4.69) is 4.90 Å². The van der Waals surface area contributed by atoms with Gasteiger partial charge in [0.25, 0.3) is 0 Å². The molecule has 3 aromatic rings. The van der Waals surface area contributed by atoms with E-state index in [0.29, 0.717) is 13.2 Å². The molecule has 1 heterocycles. The van der Waals surface area contributed by atoms with Gasteiger partial charge in [0.05, 0.1) is 12.6 Å². The summed E-state index contributed by atoms with van der Waals surface area (Å²) in [5.74, 6) is 0.497. The predicted octanol–water partition coefficient (Wildman–Crippen LogP) is 6.24. The van der Waals surface area contributed by atoms with Crippen molar-refractivity contribution in [3.8, 4) is 5.75 Å². The van der Waals surface area contributed by atoms with E-state index in [1.165, 1.54) is 24.3 Å². The van der Waals surface area contributed by atoms with Crippen LogP contribution in [0.15, 0.2) is 78.9 Å². The van der Waals surface area contributed by atoms with Crippen LogP contribution in [0.25, 0.3) is 0 Å². The number of hydrogen-bond donors (Lipinski definition) is 0. The van der Waals surface area contributed by atoms with Crippen molar-refractivity contribution < 1.29 is 18.3 Å². The lowest BCUT2D eigenvalue weighted by Crippen LogP contribution is -2.42. The molecule has 0 saturated carbocycles. The van der Waals surface area contributed by atoms with Crippen LogP contribution in [0.3, 0.4) is 0 Å². The molecule has 1 aliphatic heterocycles. The van der Waals surface area contributed by atoms with Gasteiger partial charge in [-0.25, -0.2) is 8.78 Å². The molecular formula is C30H34F2N2O2. The van der Waals surface area contributed by atoms with Crippen LogP contribution in [0, 0.1) is 17.6 Å². The standard InChI is InChI=1S/C30H34F2N2O2/c1-23(35)34(22-24-8-12-27(31)13-9-24)30(25-10-14-28(32)15-11-25)26-16-19-33(20-17-26)18-5-21-36-29-6-3-2-4-7-29/h2-4,6-15,26,30H,5,16-22H2,1H3. The van der Waals surface area contributed by atoms with Gasteiger partial charge in [0.2, 0.25) is 5.91 Å². The fraction of sp³-hybridized carbons (Fsp3) is 0.367. The summed E-state index contributed by atoms with van der Waals surface area (Å²) in [5, 5.41) is 0. The third kappa shape index (κ3) is 7.14. The van der Waals surface area contributed by atoms with Crippen LogP contribution in [0.2, 0.25) is 0 Å². The second kappa shape index (κ2) is 12.6. The van der Waals surface area contributed by atoms with E-state index in [4.69, 9.17) is 4.74 Å². The molecule has 1 unspecified atom stereocenters. The number of likely N-dealkylation sites (tertiary alicyclic amines) is 1. The van der Waals surface area contributed by atoms with Crippen LogP contribution < -0.4 is 4.74 Å². The lowest BCUT2D eigenvalue weighted by atomic mass is 9.84. The summed E-state index contributed by atoms with van der Waals surface area (Å²) < 4.78 is 33.0. The molecule has 4 nitrogen and oxygen atoms in total. The number of carbonyl (C=O) groups excluding carboxylic acids is 1. The number of carbonyl (C=O) groups is 1. The van der Waals surface area contributed by atoms with Crippen molar-refractivity contribution in [2.24, 2.45) is 5.92 Å². The Balaban J connectivity index is 1.40. The summed E-state index contributed by atoms with van der Waals surface area (Å²) in [5.41, 5.74) is 1.80. The fourth-order valence-corrected chi connectivity index (χ4v) is 5.05. The molecule has 190 valence electrons. The van der Waals surface area contributed by atoms with Crippen LogP contribution in [-0.4, -0.2) is 41.9 Å². The SMILES string of the molecule is CC(=O)N(Cc1ccc(F)cc1)C(c1ccc(F)cc1)C1CCN(CCCOc2ccccc2)CC1. The topological polar surface area (TPSA) is 32.8 Å². The second-order valence-corrected chi connectivity index (χ2v) is 9.46. The highest BCUT2D eigenvalue weighted by Crippen LogP contribution is 2.37. The molecule has 1 aliphatic rings. The molecule has 1 amide bonds. The van der Waals surface area contributed by atoms with Gasteiger partial charge in [-0.05, 0) is 85.8 Å². The van der Waals surface area contributed by atoms with E-state index in [9.17, 15) is 13.6 Å². The van der Waals surface area contributed by atoms with Crippen molar-refractivity contribution in [2.45, 2.75) is 38.8 Å². The van der Waals surface area contributed by atoms with Gasteiger partial charge in [0.15, 0.2) is 0 Å². The molecule has 1 fully saturated rings. The van der Waals surface area contributed by atoms with Crippen LogP contribution in [0.5, 0.6) is 5.75 Å². The maximum absolute atomic E-state index is 13.7. The number of para-hydroxylation sites is 1. The van der Waals surface area contributed by atoms with Gasteiger partial charge < -0.3 is 14.5 Å². The number of piperidine rings is 1. The smallest absolute Gasteiger partial charge is 0.220 e. The summed E-state index contributed by atoms with van der Waals surface area (Å²) in [6.07, 6.45) is 2.83. The number of ether oxygens (including phenoxy) is 1. The van der Waals surface area contributed by atoms with Gasteiger partial charge >= 0.3 is 0 Å². The minimum atomic E-state index is -0.301. The van der Waals surface area contributed by atoms with E-state index >= 15 is 0 Å². The van der Waals surface area contributed by atoms with Crippen LogP contribution in [0.1, 0.15) is 43.4 Å². The van der Waals surface area contributed by atoms with Gasteiger partial charge in [-0.3, -0.25) is 4.79 Å². The molecular weight excluding hydrogens is 458 g/mol. The van der Waals surface area contributed by atoms with Gasteiger partial charge in [0.1, 0.15) is 17.4 Å². The minimum absolute atomic E-state index is 0.0471. The number of rotatable bonds is 10. The summed E-state index contributed by atoms with van der Waals surface area (Å²) in [7, 11) is 0. The number of halogens is 2. The van der Waals surface area contributed by atoms with Gasteiger partial charge in [-0.1, -0.05) is 42.5 Å². The molecule has 0 aliphatic carbocycles.